The van der Waals surface area contributed by atoms with Crippen molar-refractivity contribution in [2.45, 2.75) is 51.5 Å². The van der Waals surface area contributed by atoms with Gasteiger partial charge < -0.3 is 20.1 Å². The monoisotopic (exact) mass is 363 g/mol. The summed E-state index contributed by atoms with van der Waals surface area (Å²) in [5.74, 6) is 0.595. The Hall–Kier alpha value is -1.95. The van der Waals surface area contributed by atoms with Gasteiger partial charge in [0.15, 0.2) is 0 Å². The van der Waals surface area contributed by atoms with Crippen LogP contribution in [0.5, 0.6) is 5.75 Å². The van der Waals surface area contributed by atoms with Crippen molar-refractivity contribution in [3.63, 3.8) is 0 Å². The van der Waals surface area contributed by atoms with Crippen LogP contribution in [-0.2, 0) is 9.53 Å². The van der Waals surface area contributed by atoms with Gasteiger partial charge in [-0.3, -0.25) is 9.69 Å². The van der Waals surface area contributed by atoms with E-state index < -0.39 is 0 Å². The van der Waals surface area contributed by atoms with Crippen LogP contribution in [0.25, 0.3) is 0 Å². The van der Waals surface area contributed by atoms with E-state index in [0.717, 1.165) is 50.8 Å². The Morgan fingerprint density at radius 3 is 2.85 bits per heavy atom. The third-order valence-electron chi connectivity index (χ3n) is 4.93. The maximum absolute atomic E-state index is 12.5. The number of esters is 1. The number of nitrogens with two attached hydrogens (primary N) is 1. The molecule has 2 rings (SSSR count). The van der Waals surface area contributed by atoms with Gasteiger partial charge in [-0.05, 0) is 37.5 Å². The molecule has 0 bridgehead atoms. The zero-order valence-electron chi connectivity index (χ0n) is 16.4. The molecule has 1 atom stereocenters. The highest BCUT2D eigenvalue weighted by atomic mass is 16.5. The molecule has 1 aromatic rings. The first-order valence-electron chi connectivity index (χ1n) is 9.62. The number of benzene rings is 1. The van der Waals surface area contributed by atoms with Gasteiger partial charge in [0.25, 0.3) is 0 Å². The highest BCUT2D eigenvalue weighted by Crippen LogP contribution is 2.27. The van der Waals surface area contributed by atoms with Gasteiger partial charge in [-0.25, -0.2) is 0 Å². The summed E-state index contributed by atoms with van der Waals surface area (Å²) in [6, 6.07) is 5.61. The SMILES string of the molecule is CCCCCOC(=O)[C@@H]1CCCCN1CN(C)c1ccc(OC)c(N)c1. The molecule has 146 valence electrons. The standard InChI is InChI=1S/C20H33N3O3/c1-4-5-8-13-26-20(24)18-9-6-7-12-23(18)15-22(2)16-10-11-19(25-3)17(21)14-16/h10-11,14,18H,4-9,12-13,15,21H2,1-3H3/t18-/m0/s1. The Morgan fingerprint density at radius 1 is 1.35 bits per heavy atom. The molecule has 0 amide bonds. The molecule has 1 aliphatic heterocycles. The fraction of sp³-hybridized carbons (Fsp3) is 0.650. The number of unbranched alkanes of at least 4 members (excludes halogenated alkanes) is 2. The maximum atomic E-state index is 12.5. The Kier molecular flexibility index (Phi) is 8.04. The molecule has 1 fully saturated rings. The molecule has 0 unspecified atom stereocenters. The van der Waals surface area contributed by atoms with Crippen LogP contribution < -0.4 is 15.4 Å². The molecule has 0 spiro atoms. The van der Waals surface area contributed by atoms with Crippen LogP contribution in [0, 0.1) is 0 Å². The van der Waals surface area contributed by atoms with Crippen LogP contribution in [0.2, 0.25) is 0 Å². The Labute approximate surface area is 157 Å². The van der Waals surface area contributed by atoms with E-state index in [4.69, 9.17) is 15.2 Å². The van der Waals surface area contributed by atoms with Crippen molar-refractivity contribution in [1.29, 1.82) is 0 Å². The summed E-state index contributed by atoms with van der Waals surface area (Å²) in [6.45, 7) is 4.25. The molecular formula is C20H33N3O3. The van der Waals surface area contributed by atoms with Crippen LogP contribution in [0.3, 0.4) is 0 Å². The van der Waals surface area contributed by atoms with Gasteiger partial charge in [-0.1, -0.05) is 26.2 Å². The number of hydrogen-bond acceptors (Lipinski definition) is 6. The summed E-state index contributed by atoms with van der Waals surface area (Å²) < 4.78 is 10.7. The molecule has 6 nitrogen and oxygen atoms in total. The zero-order chi connectivity index (χ0) is 18.9. The molecule has 0 aromatic heterocycles. The lowest BCUT2D eigenvalue weighted by molar-refractivity contribution is -0.151. The fourth-order valence-corrected chi connectivity index (χ4v) is 3.36. The number of ether oxygens (including phenoxy) is 2. The number of hydrogen-bond donors (Lipinski definition) is 1. The van der Waals surface area contributed by atoms with Crippen LogP contribution in [0.4, 0.5) is 11.4 Å². The molecule has 0 aliphatic carbocycles. The molecule has 0 saturated carbocycles. The number of carbonyl (C=O) groups is 1. The topological polar surface area (TPSA) is 68.0 Å². The lowest BCUT2D eigenvalue weighted by Crippen LogP contribution is -2.49. The zero-order valence-corrected chi connectivity index (χ0v) is 16.4. The second-order valence-corrected chi connectivity index (χ2v) is 6.96. The minimum absolute atomic E-state index is 0.0801. The van der Waals surface area contributed by atoms with E-state index >= 15 is 0 Å². The third-order valence-corrected chi connectivity index (χ3v) is 4.93. The first kappa shape index (κ1) is 20.4. The van der Waals surface area contributed by atoms with Gasteiger partial charge in [-0.2, -0.15) is 0 Å². The second kappa shape index (κ2) is 10.3. The fourth-order valence-electron chi connectivity index (χ4n) is 3.36. The summed E-state index contributed by atoms with van der Waals surface area (Å²) in [6.07, 6.45) is 6.22. The Balaban J connectivity index is 1.96. The van der Waals surface area contributed by atoms with Crippen molar-refractivity contribution in [2.24, 2.45) is 0 Å². The number of anilines is 2. The molecule has 1 saturated heterocycles. The lowest BCUT2D eigenvalue weighted by atomic mass is 10.0. The summed E-state index contributed by atoms with van der Waals surface area (Å²) >= 11 is 0. The minimum Gasteiger partial charge on any atom is -0.495 e. The van der Waals surface area contributed by atoms with Crippen molar-refractivity contribution in [1.82, 2.24) is 4.90 Å². The number of carbonyl (C=O) groups excluding carboxylic acids is 1. The van der Waals surface area contributed by atoms with Gasteiger partial charge in [0, 0.05) is 19.3 Å². The number of piperidine rings is 1. The molecule has 0 radical (unpaired) electrons. The number of nitrogen functional groups attached to an aromatic ring is 1. The highest BCUT2D eigenvalue weighted by Gasteiger charge is 2.30. The van der Waals surface area contributed by atoms with Crippen molar-refractivity contribution >= 4 is 17.3 Å². The smallest absolute Gasteiger partial charge is 0.323 e. The number of likely N-dealkylation sites (tertiary alicyclic amines) is 1. The van der Waals surface area contributed by atoms with Crippen LogP contribution in [0.15, 0.2) is 18.2 Å². The summed E-state index contributed by atoms with van der Waals surface area (Å²) in [5.41, 5.74) is 7.64. The molecular weight excluding hydrogens is 330 g/mol. The van der Waals surface area contributed by atoms with Gasteiger partial charge >= 0.3 is 5.97 Å². The number of rotatable bonds is 9. The highest BCUT2D eigenvalue weighted by molar-refractivity contribution is 5.76. The molecule has 1 aromatic carbocycles. The van der Waals surface area contributed by atoms with E-state index in [2.05, 4.69) is 16.7 Å². The first-order chi connectivity index (χ1) is 12.6. The van der Waals surface area contributed by atoms with Crippen molar-refractivity contribution in [3.8, 4) is 5.75 Å². The largest absolute Gasteiger partial charge is 0.495 e. The molecule has 2 N–H and O–H groups in total. The number of methoxy groups -OCH3 is 1. The summed E-state index contributed by atoms with van der Waals surface area (Å²) in [5, 5.41) is 0. The average molecular weight is 364 g/mol. The normalized spacial score (nSPS) is 17.7. The van der Waals surface area contributed by atoms with E-state index in [1.807, 2.05) is 25.2 Å². The second-order valence-electron chi connectivity index (χ2n) is 6.96. The molecule has 26 heavy (non-hydrogen) atoms. The van der Waals surface area contributed by atoms with Crippen LogP contribution in [-0.4, -0.2) is 50.9 Å². The minimum atomic E-state index is -0.150. The van der Waals surface area contributed by atoms with Crippen LogP contribution in [0.1, 0.15) is 45.4 Å². The van der Waals surface area contributed by atoms with Gasteiger partial charge in [0.1, 0.15) is 11.8 Å². The predicted octanol–water partition coefficient (Wildman–Crippen LogP) is 3.26. The van der Waals surface area contributed by atoms with Crippen molar-refractivity contribution < 1.29 is 14.3 Å². The van der Waals surface area contributed by atoms with Gasteiger partial charge in [0.2, 0.25) is 0 Å². The Morgan fingerprint density at radius 2 is 2.15 bits per heavy atom. The van der Waals surface area contributed by atoms with E-state index in [-0.39, 0.29) is 12.0 Å². The molecule has 1 aliphatic rings. The summed E-state index contributed by atoms with van der Waals surface area (Å²) in [7, 11) is 3.62. The molecule has 1 heterocycles. The summed E-state index contributed by atoms with van der Waals surface area (Å²) in [4.78, 5) is 16.8. The molecule has 6 heteroatoms. The number of nitrogens with zero attached hydrogens (tertiary/aromatic N) is 2. The van der Waals surface area contributed by atoms with Crippen molar-refractivity contribution in [2.75, 3.05) is 44.6 Å². The van der Waals surface area contributed by atoms with E-state index in [1.165, 1.54) is 0 Å². The Bertz CT molecular complexity index is 579. The van der Waals surface area contributed by atoms with E-state index in [1.54, 1.807) is 7.11 Å². The van der Waals surface area contributed by atoms with E-state index in [9.17, 15) is 4.79 Å². The predicted molar refractivity (Wildman–Crippen MR) is 106 cm³/mol. The third kappa shape index (κ3) is 5.53. The average Bonchev–Trinajstić information content (AvgIpc) is 2.65. The van der Waals surface area contributed by atoms with Crippen molar-refractivity contribution in [3.05, 3.63) is 18.2 Å². The first-order valence-corrected chi connectivity index (χ1v) is 9.62. The van der Waals surface area contributed by atoms with Gasteiger partial charge in [0.05, 0.1) is 26.1 Å². The maximum Gasteiger partial charge on any atom is 0.323 e. The van der Waals surface area contributed by atoms with E-state index in [0.29, 0.717) is 24.7 Å². The van der Waals surface area contributed by atoms with Gasteiger partial charge in [-0.15, -0.1) is 0 Å². The quantitative estimate of drug-likeness (QED) is 0.413. The lowest BCUT2D eigenvalue weighted by Gasteiger charge is -2.37. The van der Waals surface area contributed by atoms with Crippen LogP contribution >= 0.6 is 0 Å².